The third-order valence-corrected chi connectivity index (χ3v) is 1.89. The number of carboxylic acid groups (broad SMARTS) is 1. The molecule has 0 aromatic rings. The Hall–Kier alpha value is -1.39. The predicted octanol–water partition coefficient (Wildman–Crippen LogP) is 0.725. The van der Waals surface area contributed by atoms with Crippen LogP contribution in [0.25, 0.3) is 0 Å². The summed E-state index contributed by atoms with van der Waals surface area (Å²) in [5.74, 6) is -1.85. The van der Waals surface area contributed by atoms with E-state index in [2.05, 4.69) is 5.32 Å². The SMILES string of the molecule is CCCC[C@H](NC(=O)CC(C)=O)C(=O)O. The van der Waals surface area contributed by atoms with Crippen molar-refractivity contribution in [1.82, 2.24) is 5.32 Å². The lowest BCUT2D eigenvalue weighted by molar-refractivity contribution is -0.142. The van der Waals surface area contributed by atoms with Gasteiger partial charge in [-0.3, -0.25) is 9.59 Å². The van der Waals surface area contributed by atoms with E-state index in [1.54, 1.807) is 0 Å². The first-order valence-electron chi connectivity index (χ1n) is 4.99. The molecule has 0 heterocycles. The summed E-state index contributed by atoms with van der Waals surface area (Å²) in [6, 6.07) is -0.878. The van der Waals surface area contributed by atoms with E-state index in [9.17, 15) is 14.4 Å². The van der Waals surface area contributed by atoms with Crippen LogP contribution in [0.4, 0.5) is 0 Å². The van der Waals surface area contributed by atoms with Crippen LogP contribution in [0.1, 0.15) is 39.5 Å². The van der Waals surface area contributed by atoms with Gasteiger partial charge in [0.05, 0.1) is 6.42 Å². The lowest BCUT2D eigenvalue weighted by atomic mass is 10.1. The third-order valence-electron chi connectivity index (χ3n) is 1.89. The van der Waals surface area contributed by atoms with Crippen LogP contribution in [-0.4, -0.2) is 28.8 Å². The normalized spacial score (nSPS) is 11.9. The van der Waals surface area contributed by atoms with Crippen molar-refractivity contribution in [3.05, 3.63) is 0 Å². The summed E-state index contributed by atoms with van der Waals surface area (Å²) in [6.07, 6.45) is 1.75. The van der Waals surface area contributed by atoms with E-state index >= 15 is 0 Å². The number of hydrogen-bond acceptors (Lipinski definition) is 3. The molecule has 0 fully saturated rings. The smallest absolute Gasteiger partial charge is 0.326 e. The lowest BCUT2D eigenvalue weighted by Crippen LogP contribution is -2.41. The fourth-order valence-corrected chi connectivity index (χ4v) is 1.14. The van der Waals surface area contributed by atoms with Crippen molar-refractivity contribution in [1.29, 1.82) is 0 Å². The highest BCUT2D eigenvalue weighted by atomic mass is 16.4. The molecule has 0 aliphatic rings. The summed E-state index contributed by atoms with van der Waals surface area (Å²) in [4.78, 5) is 32.5. The predicted molar refractivity (Wildman–Crippen MR) is 54.4 cm³/mol. The molecule has 86 valence electrons. The van der Waals surface area contributed by atoms with E-state index in [4.69, 9.17) is 5.11 Å². The number of rotatable bonds is 7. The zero-order valence-corrected chi connectivity index (χ0v) is 9.08. The highest BCUT2D eigenvalue weighted by Gasteiger charge is 2.19. The standard InChI is InChI=1S/C10H17NO4/c1-3-4-5-8(10(14)15)11-9(13)6-7(2)12/h8H,3-6H2,1-2H3,(H,11,13)(H,14,15)/t8-/m0/s1. The molecule has 0 unspecified atom stereocenters. The number of carbonyl (C=O) groups is 3. The van der Waals surface area contributed by atoms with Gasteiger partial charge < -0.3 is 10.4 Å². The van der Waals surface area contributed by atoms with Crippen molar-refractivity contribution >= 4 is 17.7 Å². The zero-order chi connectivity index (χ0) is 11.8. The Labute approximate surface area is 88.9 Å². The number of unbranched alkanes of at least 4 members (excludes halogenated alkanes) is 1. The van der Waals surface area contributed by atoms with Crippen molar-refractivity contribution in [2.75, 3.05) is 0 Å². The molecule has 0 aliphatic heterocycles. The first kappa shape index (κ1) is 13.6. The van der Waals surface area contributed by atoms with Crippen LogP contribution >= 0.6 is 0 Å². The molecule has 0 saturated carbocycles. The molecule has 0 spiro atoms. The number of aliphatic carboxylic acids is 1. The van der Waals surface area contributed by atoms with Crippen molar-refractivity contribution in [3.8, 4) is 0 Å². The second kappa shape index (κ2) is 6.98. The van der Waals surface area contributed by atoms with E-state index in [1.807, 2.05) is 6.92 Å². The van der Waals surface area contributed by atoms with Gasteiger partial charge in [0.1, 0.15) is 11.8 Å². The summed E-state index contributed by atoms with van der Waals surface area (Å²) < 4.78 is 0. The topological polar surface area (TPSA) is 83.5 Å². The first-order valence-corrected chi connectivity index (χ1v) is 4.99. The number of amides is 1. The molecule has 0 aromatic heterocycles. The quantitative estimate of drug-likeness (QED) is 0.613. The maximum Gasteiger partial charge on any atom is 0.326 e. The van der Waals surface area contributed by atoms with E-state index in [-0.39, 0.29) is 12.2 Å². The number of Topliss-reactive ketones (excluding diaryl/α,β-unsaturated/α-hetero) is 1. The van der Waals surface area contributed by atoms with Crippen LogP contribution in [0.2, 0.25) is 0 Å². The molecular weight excluding hydrogens is 198 g/mol. The highest BCUT2D eigenvalue weighted by Crippen LogP contribution is 2.01. The van der Waals surface area contributed by atoms with Crippen LogP contribution in [0.5, 0.6) is 0 Å². The van der Waals surface area contributed by atoms with Crippen LogP contribution in [0, 0.1) is 0 Å². The van der Waals surface area contributed by atoms with E-state index in [0.717, 1.165) is 12.8 Å². The summed E-state index contributed by atoms with van der Waals surface area (Å²) in [5.41, 5.74) is 0. The summed E-state index contributed by atoms with van der Waals surface area (Å²) in [6.45, 7) is 3.23. The number of nitrogens with one attached hydrogen (secondary N) is 1. The molecule has 0 saturated heterocycles. The number of carboxylic acids is 1. The van der Waals surface area contributed by atoms with Gasteiger partial charge in [-0.2, -0.15) is 0 Å². The van der Waals surface area contributed by atoms with Gasteiger partial charge in [0.15, 0.2) is 0 Å². The van der Waals surface area contributed by atoms with Gasteiger partial charge in [0, 0.05) is 0 Å². The number of carbonyl (C=O) groups excluding carboxylic acids is 2. The Bertz CT molecular complexity index is 250. The van der Waals surface area contributed by atoms with E-state index < -0.39 is 17.9 Å². The van der Waals surface area contributed by atoms with Crippen LogP contribution in [0.15, 0.2) is 0 Å². The van der Waals surface area contributed by atoms with E-state index in [0.29, 0.717) is 6.42 Å². The van der Waals surface area contributed by atoms with E-state index in [1.165, 1.54) is 6.92 Å². The van der Waals surface area contributed by atoms with Crippen LogP contribution < -0.4 is 5.32 Å². The number of ketones is 1. The molecule has 0 radical (unpaired) electrons. The summed E-state index contributed by atoms with van der Waals surface area (Å²) in [7, 11) is 0. The van der Waals surface area contributed by atoms with Crippen LogP contribution in [0.3, 0.4) is 0 Å². The Morgan fingerprint density at radius 3 is 2.33 bits per heavy atom. The highest BCUT2D eigenvalue weighted by molar-refractivity contribution is 5.98. The van der Waals surface area contributed by atoms with Crippen molar-refractivity contribution < 1.29 is 19.5 Å². The largest absolute Gasteiger partial charge is 0.480 e. The van der Waals surface area contributed by atoms with Gasteiger partial charge in [-0.05, 0) is 13.3 Å². The average Bonchev–Trinajstić information content (AvgIpc) is 2.10. The molecule has 15 heavy (non-hydrogen) atoms. The van der Waals surface area contributed by atoms with Crippen LogP contribution in [-0.2, 0) is 14.4 Å². The Morgan fingerprint density at radius 1 is 1.33 bits per heavy atom. The molecule has 0 rings (SSSR count). The molecular formula is C10H17NO4. The summed E-state index contributed by atoms with van der Waals surface area (Å²) >= 11 is 0. The molecule has 0 aliphatic carbocycles. The van der Waals surface area contributed by atoms with Gasteiger partial charge in [0.2, 0.25) is 5.91 Å². The minimum atomic E-state index is -1.06. The molecule has 0 bridgehead atoms. The van der Waals surface area contributed by atoms with Crippen molar-refractivity contribution in [2.24, 2.45) is 0 Å². The molecule has 5 nitrogen and oxygen atoms in total. The zero-order valence-electron chi connectivity index (χ0n) is 9.08. The van der Waals surface area contributed by atoms with Gasteiger partial charge in [-0.15, -0.1) is 0 Å². The first-order chi connectivity index (χ1) is 6.97. The average molecular weight is 215 g/mol. The summed E-state index contributed by atoms with van der Waals surface area (Å²) in [5, 5.41) is 11.1. The second-order valence-corrected chi connectivity index (χ2v) is 3.48. The fraction of sp³-hybridized carbons (Fsp3) is 0.700. The minimum Gasteiger partial charge on any atom is -0.480 e. The second-order valence-electron chi connectivity index (χ2n) is 3.48. The monoisotopic (exact) mass is 215 g/mol. The molecule has 1 atom stereocenters. The van der Waals surface area contributed by atoms with Gasteiger partial charge in [0.25, 0.3) is 0 Å². The fourth-order valence-electron chi connectivity index (χ4n) is 1.14. The Morgan fingerprint density at radius 2 is 1.93 bits per heavy atom. The maximum absolute atomic E-state index is 11.1. The lowest BCUT2D eigenvalue weighted by Gasteiger charge is -2.13. The van der Waals surface area contributed by atoms with Gasteiger partial charge in [-0.25, -0.2) is 4.79 Å². The minimum absolute atomic E-state index is 0.254. The van der Waals surface area contributed by atoms with Gasteiger partial charge >= 0.3 is 5.97 Å². The Balaban J connectivity index is 4.10. The molecule has 1 amide bonds. The van der Waals surface area contributed by atoms with Gasteiger partial charge in [-0.1, -0.05) is 19.8 Å². The number of hydrogen-bond donors (Lipinski definition) is 2. The molecule has 0 aromatic carbocycles. The molecule has 2 N–H and O–H groups in total. The van der Waals surface area contributed by atoms with Crippen molar-refractivity contribution in [3.63, 3.8) is 0 Å². The third kappa shape index (κ3) is 6.65. The maximum atomic E-state index is 11.1. The molecule has 5 heteroatoms. The Kier molecular flexibility index (Phi) is 6.33. The van der Waals surface area contributed by atoms with Crippen molar-refractivity contribution in [2.45, 2.75) is 45.6 Å².